The Morgan fingerprint density at radius 2 is 2.30 bits per heavy atom. The molecule has 0 unspecified atom stereocenters. The van der Waals surface area contributed by atoms with Crippen LogP contribution in [0, 0.1) is 0 Å². The van der Waals surface area contributed by atoms with Crippen molar-refractivity contribution in [1.82, 2.24) is 9.97 Å². The third-order valence-electron chi connectivity index (χ3n) is 1.02. The molecule has 10 heavy (non-hydrogen) atoms. The number of aromatic nitrogens is 2. The Morgan fingerprint density at radius 3 is 2.80 bits per heavy atom. The van der Waals surface area contributed by atoms with Crippen LogP contribution >= 0.6 is 0 Å². The van der Waals surface area contributed by atoms with Crippen LogP contribution in [-0.2, 0) is 11.2 Å². The van der Waals surface area contributed by atoms with E-state index in [4.69, 9.17) is 5.73 Å². The van der Waals surface area contributed by atoms with Crippen LogP contribution in [0.4, 0.5) is 5.82 Å². The summed E-state index contributed by atoms with van der Waals surface area (Å²) in [7, 11) is 0. The molecular formula is C6H7N3O. The quantitative estimate of drug-likeness (QED) is 0.573. The minimum atomic E-state index is 0.299. The maximum atomic E-state index is 9.96. The molecule has 0 aliphatic heterocycles. The van der Waals surface area contributed by atoms with Gasteiger partial charge >= 0.3 is 0 Å². The smallest absolute Gasteiger partial charge is 0.141 e. The highest BCUT2D eigenvalue weighted by molar-refractivity contribution is 5.53. The van der Waals surface area contributed by atoms with Gasteiger partial charge in [-0.25, -0.2) is 4.98 Å². The van der Waals surface area contributed by atoms with Crippen LogP contribution in [0.1, 0.15) is 5.69 Å². The molecule has 0 bridgehead atoms. The van der Waals surface area contributed by atoms with Crippen LogP contribution in [0.5, 0.6) is 0 Å². The van der Waals surface area contributed by atoms with Gasteiger partial charge in [-0.1, -0.05) is 0 Å². The molecule has 0 atom stereocenters. The first-order valence-corrected chi connectivity index (χ1v) is 2.83. The van der Waals surface area contributed by atoms with Gasteiger partial charge in [0, 0.05) is 6.42 Å². The molecule has 0 aliphatic carbocycles. The fourth-order valence-corrected chi connectivity index (χ4v) is 0.556. The highest BCUT2D eigenvalue weighted by Gasteiger charge is 1.91. The van der Waals surface area contributed by atoms with E-state index in [0.29, 0.717) is 17.9 Å². The Morgan fingerprint density at radius 1 is 1.50 bits per heavy atom. The molecule has 2 N–H and O–H groups in total. The molecule has 4 nitrogen and oxygen atoms in total. The van der Waals surface area contributed by atoms with Crippen molar-refractivity contribution in [1.29, 1.82) is 0 Å². The molecule has 0 saturated carbocycles. The van der Waals surface area contributed by atoms with E-state index in [1.54, 1.807) is 0 Å². The Labute approximate surface area is 58.1 Å². The number of nitrogens with zero attached hydrogens (tertiary/aromatic N) is 2. The zero-order chi connectivity index (χ0) is 7.40. The Hall–Kier alpha value is -1.45. The fourth-order valence-electron chi connectivity index (χ4n) is 0.556. The van der Waals surface area contributed by atoms with Gasteiger partial charge in [-0.05, 0) is 0 Å². The van der Waals surface area contributed by atoms with E-state index in [1.165, 1.54) is 12.4 Å². The van der Waals surface area contributed by atoms with E-state index in [2.05, 4.69) is 9.97 Å². The number of carbonyl (C=O) groups excluding carboxylic acids is 1. The lowest BCUT2D eigenvalue weighted by atomic mass is 10.3. The van der Waals surface area contributed by atoms with E-state index in [1.807, 2.05) is 0 Å². The Bertz CT molecular complexity index is 219. The molecule has 1 aromatic heterocycles. The number of anilines is 1. The van der Waals surface area contributed by atoms with E-state index in [9.17, 15) is 4.79 Å². The Balaban J connectivity index is 2.78. The third-order valence-corrected chi connectivity index (χ3v) is 1.02. The number of nitrogens with two attached hydrogens (primary N) is 1. The molecule has 4 heteroatoms. The topological polar surface area (TPSA) is 68.9 Å². The second kappa shape index (κ2) is 2.91. The largest absolute Gasteiger partial charge is 0.382 e. The van der Waals surface area contributed by atoms with Crippen LogP contribution in [0.25, 0.3) is 0 Å². The number of rotatable bonds is 2. The lowest BCUT2D eigenvalue weighted by Crippen LogP contribution is -1.95. The van der Waals surface area contributed by atoms with Crippen molar-refractivity contribution in [3.05, 3.63) is 18.1 Å². The van der Waals surface area contributed by atoms with Crippen LogP contribution in [0.3, 0.4) is 0 Å². The molecule has 1 aromatic rings. The molecule has 1 rings (SSSR count). The first kappa shape index (κ1) is 6.67. The van der Waals surface area contributed by atoms with Gasteiger partial charge in [-0.15, -0.1) is 0 Å². The van der Waals surface area contributed by atoms with E-state index in [-0.39, 0.29) is 0 Å². The van der Waals surface area contributed by atoms with Gasteiger partial charge in [0.2, 0.25) is 0 Å². The van der Waals surface area contributed by atoms with Crippen molar-refractivity contribution >= 4 is 12.1 Å². The lowest BCUT2D eigenvalue weighted by molar-refractivity contribution is -0.107. The second-order valence-electron chi connectivity index (χ2n) is 1.80. The van der Waals surface area contributed by atoms with Crippen LogP contribution < -0.4 is 5.73 Å². The Kier molecular flexibility index (Phi) is 1.94. The zero-order valence-corrected chi connectivity index (χ0v) is 5.32. The van der Waals surface area contributed by atoms with Crippen molar-refractivity contribution < 1.29 is 4.79 Å². The number of carbonyl (C=O) groups is 1. The molecule has 0 radical (unpaired) electrons. The van der Waals surface area contributed by atoms with Gasteiger partial charge in [0.25, 0.3) is 0 Å². The van der Waals surface area contributed by atoms with E-state index >= 15 is 0 Å². The van der Waals surface area contributed by atoms with Gasteiger partial charge < -0.3 is 10.5 Å². The molecule has 0 spiro atoms. The molecule has 1 heterocycles. The fraction of sp³-hybridized carbons (Fsp3) is 0.167. The normalized spacial score (nSPS) is 9.20. The maximum Gasteiger partial charge on any atom is 0.141 e. The summed E-state index contributed by atoms with van der Waals surface area (Å²) < 4.78 is 0. The number of aldehydes is 1. The summed E-state index contributed by atoms with van der Waals surface area (Å²) in [5.41, 5.74) is 5.90. The first-order valence-electron chi connectivity index (χ1n) is 2.83. The monoisotopic (exact) mass is 137 g/mol. The van der Waals surface area contributed by atoms with Crippen LogP contribution in [-0.4, -0.2) is 16.3 Å². The zero-order valence-electron chi connectivity index (χ0n) is 5.32. The van der Waals surface area contributed by atoms with Crippen molar-refractivity contribution in [2.75, 3.05) is 5.73 Å². The predicted molar refractivity (Wildman–Crippen MR) is 36.2 cm³/mol. The molecule has 0 saturated heterocycles. The third kappa shape index (κ3) is 1.51. The van der Waals surface area contributed by atoms with Gasteiger partial charge in [-0.3, -0.25) is 4.98 Å². The summed E-state index contributed by atoms with van der Waals surface area (Å²) in [6.45, 7) is 0. The summed E-state index contributed by atoms with van der Waals surface area (Å²) in [5.74, 6) is 0.370. The highest BCUT2D eigenvalue weighted by atomic mass is 16.1. The average molecular weight is 137 g/mol. The van der Waals surface area contributed by atoms with Gasteiger partial charge in [-0.2, -0.15) is 0 Å². The average Bonchev–Trinajstić information content (AvgIpc) is 1.95. The molecule has 52 valence electrons. The maximum absolute atomic E-state index is 9.96. The molecule has 0 amide bonds. The lowest BCUT2D eigenvalue weighted by Gasteiger charge is -1.92. The molecule has 0 aliphatic rings. The van der Waals surface area contributed by atoms with Crippen molar-refractivity contribution in [2.24, 2.45) is 0 Å². The predicted octanol–water partition coefficient (Wildman–Crippen LogP) is -0.200. The standard InChI is InChI=1S/C6H7N3O/c7-6-4-8-5(1-2-10)3-9-6/h2-4H,1H2,(H2,7,9). The molecule has 0 fully saturated rings. The first-order chi connectivity index (χ1) is 4.83. The summed E-state index contributed by atoms with van der Waals surface area (Å²) in [6, 6.07) is 0. The van der Waals surface area contributed by atoms with E-state index in [0.717, 1.165) is 6.29 Å². The van der Waals surface area contributed by atoms with Crippen molar-refractivity contribution in [3.8, 4) is 0 Å². The second-order valence-corrected chi connectivity index (χ2v) is 1.80. The molecular weight excluding hydrogens is 130 g/mol. The minimum Gasteiger partial charge on any atom is -0.382 e. The summed E-state index contributed by atoms with van der Waals surface area (Å²) in [4.78, 5) is 17.6. The van der Waals surface area contributed by atoms with Crippen LogP contribution in [0.15, 0.2) is 12.4 Å². The van der Waals surface area contributed by atoms with Crippen LogP contribution in [0.2, 0.25) is 0 Å². The highest BCUT2D eigenvalue weighted by Crippen LogP contribution is 1.94. The number of hydrogen-bond acceptors (Lipinski definition) is 4. The van der Waals surface area contributed by atoms with Gasteiger partial charge in [0.05, 0.1) is 18.1 Å². The van der Waals surface area contributed by atoms with E-state index < -0.39 is 0 Å². The summed E-state index contributed by atoms with van der Waals surface area (Å²) in [6.07, 6.45) is 4.00. The number of hydrogen-bond donors (Lipinski definition) is 1. The molecule has 0 aromatic carbocycles. The van der Waals surface area contributed by atoms with Crippen molar-refractivity contribution in [2.45, 2.75) is 6.42 Å². The minimum absolute atomic E-state index is 0.299. The SMILES string of the molecule is Nc1cnc(CC=O)cn1. The van der Waals surface area contributed by atoms with Gasteiger partial charge in [0.15, 0.2) is 0 Å². The van der Waals surface area contributed by atoms with Gasteiger partial charge in [0.1, 0.15) is 12.1 Å². The summed E-state index contributed by atoms with van der Waals surface area (Å²) >= 11 is 0. The van der Waals surface area contributed by atoms with Crippen molar-refractivity contribution in [3.63, 3.8) is 0 Å². The summed E-state index contributed by atoms with van der Waals surface area (Å²) in [5, 5.41) is 0. The number of nitrogen functional groups attached to an aromatic ring is 1.